The fourth-order valence-electron chi connectivity index (χ4n) is 10.9. The van der Waals surface area contributed by atoms with Crippen LogP contribution >= 0.6 is 0 Å². The van der Waals surface area contributed by atoms with Gasteiger partial charge in [0.25, 0.3) is 0 Å². The second-order valence-corrected chi connectivity index (χ2v) is 17.9. The summed E-state index contributed by atoms with van der Waals surface area (Å²) >= 11 is 0. The molecule has 0 unspecified atom stereocenters. The lowest BCUT2D eigenvalue weighted by Crippen LogP contribution is -1.95. The van der Waals surface area contributed by atoms with Gasteiger partial charge in [0, 0.05) is 44.0 Å². The van der Waals surface area contributed by atoms with E-state index in [9.17, 15) is 0 Å². The Morgan fingerprint density at radius 1 is 0.206 bits per heavy atom. The lowest BCUT2D eigenvalue weighted by Gasteiger charge is -2.14. The van der Waals surface area contributed by atoms with E-state index in [1.54, 1.807) is 0 Å². The molecule has 316 valence electrons. The van der Waals surface area contributed by atoms with Gasteiger partial charge in [0.1, 0.15) is 0 Å². The fourth-order valence-corrected chi connectivity index (χ4v) is 10.9. The lowest BCUT2D eigenvalue weighted by molar-refractivity contribution is 1.18. The highest BCUT2D eigenvalue weighted by Gasteiger charge is 2.18. The van der Waals surface area contributed by atoms with E-state index < -0.39 is 0 Å². The molecule has 14 rings (SSSR count). The summed E-state index contributed by atoms with van der Waals surface area (Å²) in [7, 11) is 0. The van der Waals surface area contributed by atoms with E-state index in [0.29, 0.717) is 0 Å². The van der Waals surface area contributed by atoms with Crippen LogP contribution in [0.4, 0.5) is 0 Å². The van der Waals surface area contributed by atoms with Crippen molar-refractivity contribution in [1.82, 2.24) is 14.1 Å². The third-order valence-corrected chi connectivity index (χ3v) is 14.1. The zero-order valence-corrected chi connectivity index (χ0v) is 37.0. The second kappa shape index (κ2) is 15.3. The first-order valence-corrected chi connectivity index (χ1v) is 23.4. The van der Waals surface area contributed by atoms with E-state index in [2.05, 4.69) is 258 Å². The minimum absolute atomic E-state index is 0.958. The van der Waals surface area contributed by atoms with E-state index in [4.69, 9.17) is 4.98 Å². The summed E-state index contributed by atoms with van der Waals surface area (Å²) in [6, 6.07) is 90.6. The molecule has 3 aromatic heterocycles. The Labute approximate surface area is 393 Å². The molecular weight excluding hydrogens is 823 g/mol. The summed E-state index contributed by atoms with van der Waals surface area (Å²) in [5, 5.41) is 12.6. The van der Waals surface area contributed by atoms with Gasteiger partial charge in [0.05, 0.1) is 33.5 Å². The van der Waals surface area contributed by atoms with E-state index >= 15 is 0 Å². The van der Waals surface area contributed by atoms with Crippen molar-refractivity contribution < 1.29 is 0 Å². The van der Waals surface area contributed by atoms with Crippen LogP contribution in [0.15, 0.2) is 249 Å². The molecule has 0 aliphatic carbocycles. The Morgan fingerprint density at radius 2 is 0.618 bits per heavy atom. The Balaban J connectivity index is 0.888. The highest BCUT2D eigenvalue weighted by atomic mass is 15.0. The quantitative estimate of drug-likeness (QED) is 0.153. The molecule has 3 heterocycles. The molecule has 0 N–H and O–H groups in total. The Kier molecular flexibility index (Phi) is 8.59. The average Bonchev–Trinajstić information content (AvgIpc) is 3.93. The minimum Gasteiger partial charge on any atom is -0.309 e. The van der Waals surface area contributed by atoms with Crippen molar-refractivity contribution in [2.75, 3.05) is 0 Å². The standard InChI is InChI=1S/C65H41N3/c1-3-15-43(16-4-1)60-38-47(39-61(66-60)44-17-5-2-6-18-44)42-27-31-48(32-28-42)67-62-25-13-11-23-55(62)57-34-29-46(40-65(57)67)45-30-36-64-59(37-45)56-24-12-14-26-63(56)68(64)49-33-35-54-52-21-8-7-19-50(52)51-20-9-10-22-53(51)58(54)41-49/h1-41H. The van der Waals surface area contributed by atoms with Crippen LogP contribution < -0.4 is 0 Å². The number of aromatic nitrogens is 3. The van der Waals surface area contributed by atoms with Crippen LogP contribution in [0.3, 0.4) is 0 Å². The summed E-state index contributed by atoms with van der Waals surface area (Å²) < 4.78 is 4.87. The molecule has 3 nitrogen and oxygen atoms in total. The summed E-state index contributed by atoms with van der Waals surface area (Å²) in [6.07, 6.45) is 0. The normalized spacial score (nSPS) is 11.8. The molecule has 0 saturated carbocycles. The van der Waals surface area contributed by atoms with Gasteiger partial charge in [-0.15, -0.1) is 0 Å². The maximum absolute atomic E-state index is 5.13. The molecule has 3 heteroatoms. The van der Waals surface area contributed by atoms with Crippen molar-refractivity contribution in [2.45, 2.75) is 0 Å². The van der Waals surface area contributed by atoms with Crippen molar-refractivity contribution in [2.24, 2.45) is 0 Å². The van der Waals surface area contributed by atoms with Crippen LogP contribution in [0.25, 0.3) is 132 Å². The number of hydrogen-bond donors (Lipinski definition) is 0. The molecule has 0 aliphatic rings. The van der Waals surface area contributed by atoms with Crippen LogP contribution in [0.5, 0.6) is 0 Å². The Bertz CT molecular complexity index is 4200. The minimum atomic E-state index is 0.958. The largest absolute Gasteiger partial charge is 0.309 e. The van der Waals surface area contributed by atoms with Gasteiger partial charge in [-0.1, -0.05) is 182 Å². The number of pyridine rings is 1. The molecule has 68 heavy (non-hydrogen) atoms. The van der Waals surface area contributed by atoms with Crippen LogP contribution in [-0.4, -0.2) is 14.1 Å². The third kappa shape index (κ3) is 6.03. The SMILES string of the molecule is c1ccc(-c2cc(-c3ccc(-n4c5ccccc5c5ccc(-c6ccc7c(c6)c6ccccc6n7-c6ccc7c8ccccc8c8ccccc8c7c6)cc54)cc3)cc(-c3ccccc3)n2)cc1. The smallest absolute Gasteiger partial charge is 0.0715 e. The molecular formula is C65H41N3. The molecule has 14 aromatic rings. The average molecular weight is 864 g/mol. The molecule has 0 atom stereocenters. The summed E-state index contributed by atoms with van der Waals surface area (Å²) in [6.45, 7) is 0. The maximum Gasteiger partial charge on any atom is 0.0715 e. The van der Waals surface area contributed by atoms with E-state index in [0.717, 1.165) is 45.0 Å². The van der Waals surface area contributed by atoms with Crippen molar-refractivity contribution in [1.29, 1.82) is 0 Å². The summed E-state index contributed by atoms with van der Waals surface area (Å²) in [5.41, 5.74) is 15.8. The van der Waals surface area contributed by atoms with Gasteiger partial charge in [-0.05, 0) is 121 Å². The van der Waals surface area contributed by atoms with Crippen LogP contribution in [0.2, 0.25) is 0 Å². The molecule has 0 spiro atoms. The van der Waals surface area contributed by atoms with Crippen LogP contribution in [0.1, 0.15) is 0 Å². The number of fused-ring (bicyclic) bond motifs is 12. The number of rotatable bonds is 6. The van der Waals surface area contributed by atoms with Gasteiger partial charge in [-0.25, -0.2) is 4.98 Å². The summed E-state index contributed by atoms with van der Waals surface area (Å²) in [4.78, 5) is 5.13. The number of hydrogen-bond acceptors (Lipinski definition) is 1. The zero-order chi connectivity index (χ0) is 44.7. The third-order valence-electron chi connectivity index (χ3n) is 14.1. The molecule has 11 aromatic carbocycles. The predicted molar refractivity (Wildman–Crippen MR) is 287 cm³/mol. The number of nitrogens with zero attached hydrogens (tertiary/aromatic N) is 3. The van der Waals surface area contributed by atoms with Gasteiger partial charge in [0.2, 0.25) is 0 Å². The molecule has 0 aliphatic heterocycles. The zero-order valence-electron chi connectivity index (χ0n) is 37.0. The number of benzene rings is 11. The van der Waals surface area contributed by atoms with Gasteiger partial charge >= 0.3 is 0 Å². The van der Waals surface area contributed by atoms with Crippen molar-refractivity contribution in [3.63, 3.8) is 0 Å². The first kappa shape index (κ1) is 38.2. The van der Waals surface area contributed by atoms with Crippen molar-refractivity contribution >= 4 is 75.9 Å². The molecule has 0 fully saturated rings. The molecule has 0 bridgehead atoms. The van der Waals surface area contributed by atoms with Gasteiger partial charge in [0.15, 0.2) is 0 Å². The lowest BCUT2D eigenvalue weighted by atomic mass is 9.94. The number of para-hydroxylation sites is 2. The molecule has 0 radical (unpaired) electrons. The first-order chi connectivity index (χ1) is 33.7. The van der Waals surface area contributed by atoms with E-state index in [1.165, 1.54) is 87.1 Å². The highest BCUT2D eigenvalue weighted by Crippen LogP contribution is 2.41. The van der Waals surface area contributed by atoms with Gasteiger partial charge in [-0.3, -0.25) is 0 Å². The topological polar surface area (TPSA) is 22.8 Å². The van der Waals surface area contributed by atoms with Crippen molar-refractivity contribution in [3.05, 3.63) is 249 Å². The Hall–Kier alpha value is -9.05. The summed E-state index contributed by atoms with van der Waals surface area (Å²) in [5.74, 6) is 0. The monoisotopic (exact) mass is 863 g/mol. The van der Waals surface area contributed by atoms with Gasteiger partial charge in [-0.2, -0.15) is 0 Å². The predicted octanol–water partition coefficient (Wildman–Crippen LogP) is 17.4. The van der Waals surface area contributed by atoms with Crippen molar-refractivity contribution in [3.8, 4) is 56.1 Å². The highest BCUT2D eigenvalue weighted by molar-refractivity contribution is 6.25. The first-order valence-electron chi connectivity index (χ1n) is 23.4. The second-order valence-electron chi connectivity index (χ2n) is 17.9. The van der Waals surface area contributed by atoms with E-state index in [-0.39, 0.29) is 0 Å². The Morgan fingerprint density at radius 3 is 1.24 bits per heavy atom. The molecule has 0 amide bonds. The van der Waals surface area contributed by atoms with Gasteiger partial charge < -0.3 is 9.13 Å². The van der Waals surface area contributed by atoms with Crippen LogP contribution in [-0.2, 0) is 0 Å². The molecule has 0 saturated heterocycles. The van der Waals surface area contributed by atoms with Crippen LogP contribution in [0, 0.1) is 0 Å². The van der Waals surface area contributed by atoms with E-state index in [1.807, 2.05) is 0 Å². The maximum atomic E-state index is 5.13. The fraction of sp³-hybridized carbons (Fsp3) is 0.